The molecule has 0 amide bonds. The molecular weight excluding hydrogens is 143 g/mol. The Bertz CT molecular complexity index is 77.1. The molecule has 0 radical (unpaired) electrons. The van der Waals surface area contributed by atoms with Gasteiger partial charge in [0.2, 0.25) is 0 Å². The van der Waals surface area contributed by atoms with Crippen LogP contribution in [-0.4, -0.2) is 6.98 Å². The molecule has 42 valence electrons. The van der Waals surface area contributed by atoms with E-state index in [4.69, 9.17) is 0 Å². The van der Waals surface area contributed by atoms with E-state index in [9.17, 15) is 12.9 Å². The molecule has 0 heterocycles. The fourth-order valence-electron chi connectivity index (χ4n) is 0.218. The Kier molecular flexibility index (Phi) is 7.55. The van der Waals surface area contributed by atoms with Crippen LogP contribution in [-0.2, 0) is 0 Å². The topological polar surface area (TPSA) is 0 Å². The van der Waals surface area contributed by atoms with Gasteiger partial charge in [0.15, 0.2) is 0 Å². The van der Waals surface area contributed by atoms with Crippen LogP contribution in [0.5, 0.6) is 0 Å². The average Bonchev–Trinajstić information content (AvgIpc) is 1.30. The molecule has 0 aliphatic heterocycles. The molecule has 0 nitrogen and oxygen atoms in total. The van der Waals surface area contributed by atoms with Crippen molar-refractivity contribution in [1.82, 2.24) is 0 Å². The summed E-state index contributed by atoms with van der Waals surface area (Å²) in [7, 11) is 0. The third-order valence-corrected chi connectivity index (χ3v) is 0.411. The van der Waals surface area contributed by atoms with Crippen molar-refractivity contribution in [3.63, 3.8) is 0 Å². The summed E-state index contributed by atoms with van der Waals surface area (Å²) < 4.78 is 33.1. The predicted octanol–water partition coefficient (Wildman–Crippen LogP) is -1.05. The summed E-state index contributed by atoms with van der Waals surface area (Å²) in [6, 6.07) is 0. The van der Waals surface area contributed by atoms with Gasteiger partial charge < -0.3 is 12.9 Å². The molecule has 0 aromatic heterocycles. The Hall–Kier alpha value is 1.23. The monoisotopic (exact) mass is 148 g/mol. The minimum Gasteiger partial charge on any atom is -0.445 e. The maximum Gasteiger partial charge on any atom is 1.00 e. The van der Waals surface area contributed by atoms with Crippen LogP contribution >= 0.6 is 0 Å². The Morgan fingerprint density at radius 1 is 1.25 bits per heavy atom. The van der Waals surface area contributed by atoms with Crippen LogP contribution in [0.1, 0.15) is 6.92 Å². The van der Waals surface area contributed by atoms with Crippen molar-refractivity contribution in [2.75, 3.05) is 0 Å². The summed E-state index contributed by atoms with van der Waals surface area (Å²) >= 11 is 0. The van der Waals surface area contributed by atoms with E-state index >= 15 is 0 Å². The average molecular weight is 148 g/mol. The maximum atomic E-state index is 11.0. The van der Waals surface area contributed by atoms with Crippen molar-refractivity contribution in [1.29, 1.82) is 0 Å². The summed E-state index contributed by atoms with van der Waals surface area (Å²) in [5.41, 5.74) is 0. The van der Waals surface area contributed by atoms with E-state index in [1.54, 1.807) is 0 Å². The Labute approximate surface area is 89.0 Å². The number of allylic oxidation sites excluding steroid dienone is 1. The maximum absolute atomic E-state index is 11.0. The molecule has 5 heteroatoms. The molecule has 0 spiro atoms. The minimum atomic E-state index is -4.67. The van der Waals surface area contributed by atoms with Crippen molar-refractivity contribution < 1.29 is 64.3 Å². The first-order valence-electron chi connectivity index (χ1n) is 1.90. The molecule has 8 heavy (non-hydrogen) atoms. The van der Waals surface area contributed by atoms with E-state index in [0.717, 1.165) is 6.08 Å². The molecule has 0 saturated heterocycles. The van der Waals surface area contributed by atoms with E-state index in [0.29, 0.717) is 0 Å². The number of hydrogen-bond donors (Lipinski definition) is 0. The van der Waals surface area contributed by atoms with Crippen LogP contribution in [0.15, 0.2) is 12.1 Å². The van der Waals surface area contributed by atoms with E-state index in [-0.39, 0.29) is 57.4 Å². The van der Waals surface area contributed by atoms with Crippen molar-refractivity contribution in [2.24, 2.45) is 0 Å². The molecule has 0 rings (SSSR count). The second-order valence-electron chi connectivity index (χ2n) is 1.15. The van der Waals surface area contributed by atoms with Crippen molar-refractivity contribution in [3.8, 4) is 0 Å². The van der Waals surface area contributed by atoms with E-state index in [1.165, 1.54) is 6.92 Å². The zero-order chi connectivity index (χ0) is 5.91. The van der Waals surface area contributed by atoms with E-state index < -0.39 is 6.98 Å². The number of hydrogen-bond acceptors (Lipinski definition) is 0. The van der Waals surface area contributed by atoms with Gasteiger partial charge in [-0.15, -0.1) is 6.08 Å². The molecule has 0 fully saturated rings. The molecule has 0 atom stereocenters. The Balaban J connectivity index is 0. The van der Waals surface area contributed by atoms with Gasteiger partial charge in [0, 0.05) is 0 Å². The predicted molar refractivity (Wildman–Crippen MR) is 23.9 cm³/mol. The van der Waals surface area contributed by atoms with Gasteiger partial charge in [-0.05, 0) is 0 Å². The van der Waals surface area contributed by atoms with Gasteiger partial charge in [0.05, 0.1) is 0 Å². The van der Waals surface area contributed by atoms with Crippen LogP contribution in [0.4, 0.5) is 12.9 Å². The summed E-state index contributed by atoms with van der Waals surface area (Å²) in [4.78, 5) is 0. The smallest absolute Gasteiger partial charge is 0.445 e. The first-order valence-corrected chi connectivity index (χ1v) is 1.90. The van der Waals surface area contributed by atoms with Gasteiger partial charge in [0.1, 0.15) is 0 Å². The fraction of sp³-hybridized carbons (Fsp3) is 0.333. The summed E-state index contributed by atoms with van der Waals surface area (Å²) in [6.07, 6.45) is 0.986. The van der Waals surface area contributed by atoms with E-state index in [2.05, 4.69) is 0 Å². The standard InChI is InChI=1S/C3H5BF3.K/c1-2-3-4(5,6)7;/h2-3H,1H3;/q-1;+1/b3-2-;. The van der Waals surface area contributed by atoms with Gasteiger partial charge in [-0.3, -0.25) is 0 Å². The van der Waals surface area contributed by atoms with Crippen molar-refractivity contribution >= 4 is 6.98 Å². The van der Waals surface area contributed by atoms with Crippen LogP contribution < -0.4 is 51.4 Å². The SMILES string of the molecule is C/C=C\[B-](F)(F)F.[K+]. The minimum absolute atomic E-state index is 0. The number of rotatable bonds is 1. The van der Waals surface area contributed by atoms with Crippen molar-refractivity contribution in [3.05, 3.63) is 12.1 Å². The summed E-state index contributed by atoms with van der Waals surface area (Å²) in [5.74, 6) is 0.250. The third-order valence-electron chi connectivity index (χ3n) is 0.411. The van der Waals surface area contributed by atoms with Gasteiger partial charge in [0.25, 0.3) is 0 Å². The second-order valence-corrected chi connectivity index (χ2v) is 1.15. The summed E-state index contributed by atoms with van der Waals surface area (Å²) in [6.45, 7) is -3.33. The fourth-order valence-corrected chi connectivity index (χ4v) is 0.218. The van der Waals surface area contributed by atoms with Crippen LogP contribution in [0.2, 0.25) is 0 Å². The van der Waals surface area contributed by atoms with Gasteiger partial charge in [-0.25, -0.2) is 0 Å². The van der Waals surface area contributed by atoms with Crippen LogP contribution in [0.3, 0.4) is 0 Å². The number of halogens is 3. The molecule has 0 aliphatic carbocycles. The molecule has 0 unspecified atom stereocenters. The second kappa shape index (κ2) is 5.05. The normalized spacial score (nSPS) is 11.5. The molecular formula is C3H5BF3K. The van der Waals surface area contributed by atoms with Gasteiger partial charge in [-0.2, -0.15) is 5.98 Å². The zero-order valence-corrected chi connectivity index (χ0v) is 7.99. The molecule has 0 saturated carbocycles. The molecule has 0 aromatic carbocycles. The van der Waals surface area contributed by atoms with Crippen molar-refractivity contribution in [2.45, 2.75) is 6.92 Å². The molecule has 0 bridgehead atoms. The summed E-state index contributed by atoms with van der Waals surface area (Å²) in [5, 5.41) is 0. The van der Waals surface area contributed by atoms with Crippen LogP contribution in [0.25, 0.3) is 0 Å². The Morgan fingerprint density at radius 3 is 1.62 bits per heavy atom. The largest absolute Gasteiger partial charge is 1.00 e. The third kappa shape index (κ3) is 10.3. The first kappa shape index (κ1) is 12.0. The first-order chi connectivity index (χ1) is 3.06. The molecule has 0 aliphatic rings. The van der Waals surface area contributed by atoms with Crippen LogP contribution in [0, 0.1) is 0 Å². The zero-order valence-electron chi connectivity index (χ0n) is 4.87. The molecule has 0 aromatic rings. The quantitative estimate of drug-likeness (QED) is 0.416. The van der Waals surface area contributed by atoms with Gasteiger partial charge in [-0.1, -0.05) is 6.92 Å². The van der Waals surface area contributed by atoms with E-state index in [1.807, 2.05) is 0 Å². The van der Waals surface area contributed by atoms with Gasteiger partial charge >= 0.3 is 58.4 Å². The molecule has 0 N–H and O–H groups in total. The Morgan fingerprint density at radius 2 is 1.62 bits per heavy atom.